The standard InChI is InChI=1S/C19H26N2O2/c1-13-8-9-14(2)17(10-13)20-19(23)15-11-18(22)21(12-15)16-6-4-3-5-7-16/h8-10,15-16H,3-7,11-12H2,1-2H3,(H,20,23)/t15-/m0/s1. The summed E-state index contributed by atoms with van der Waals surface area (Å²) in [4.78, 5) is 26.8. The third-order valence-corrected chi connectivity index (χ3v) is 5.20. The number of rotatable bonds is 3. The van der Waals surface area contributed by atoms with E-state index in [0.29, 0.717) is 19.0 Å². The summed E-state index contributed by atoms with van der Waals surface area (Å²) in [6, 6.07) is 6.39. The number of aryl methyl sites for hydroxylation is 2. The molecule has 1 heterocycles. The second-order valence-electron chi connectivity index (χ2n) is 7.05. The molecule has 1 aliphatic heterocycles. The van der Waals surface area contributed by atoms with Crippen molar-refractivity contribution in [2.45, 2.75) is 58.4 Å². The van der Waals surface area contributed by atoms with E-state index >= 15 is 0 Å². The lowest BCUT2D eigenvalue weighted by molar-refractivity contribution is -0.130. The highest BCUT2D eigenvalue weighted by Crippen LogP contribution is 2.29. The molecule has 4 heteroatoms. The zero-order valence-electron chi connectivity index (χ0n) is 14.1. The van der Waals surface area contributed by atoms with Crippen molar-refractivity contribution in [2.24, 2.45) is 5.92 Å². The Morgan fingerprint density at radius 1 is 1.17 bits per heavy atom. The van der Waals surface area contributed by atoms with E-state index in [1.807, 2.05) is 36.9 Å². The van der Waals surface area contributed by atoms with E-state index in [2.05, 4.69) is 5.32 Å². The van der Waals surface area contributed by atoms with Gasteiger partial charge in [-0.1, -0.05) is 31.4 Å². The van der Waals surface area contributed by atoms with E-state index in [-0.39, 0.29) is 17.7 Å². The first-order valence-corrected chi connectivity index (χ1v) is 8.72. The van der Waals surface area contributed by atoms with Crippen molar-refractivity contribution in [3.63, 3.8) is 0 Å². The van der Waals surface area contributed by atoms with Gasteiger partial charge >= 0.3 is 0 Å². The molecule has 1 atom stereocenters. The molecular formula is C19H26N2O2. The van der Waals surface area contributed by atoms with Crippen LogP contribution in [0.3, 0.4) is 0 Å². The number of nitrogens with one attached hydrogen (secondary N) is 1. The van der Waals surface area contributed by atoms with Crippen LogP contribution in [0.1, 0.15) is 49.7 Å². The van der Waals surface area contributed by atoms with Crippen LogP contribution >= 0.6 is 0 Å². The molecule has 124 valence electrons. The van der Waals surface area contributed by atoms with Crippen molar-refractivity contribution in [3.8, 4) is 0 Å². The average Bonchev–Trinajstić information content (AvgIpc) is 2.94. The predicted octanol–water partition coefficient (Wildman–Crippen LogP) is 3.42. The summed E-state index contributed by atoms with van der Waals surface area (Å²) in [5.74, 6) is -0.0901. The smallest absolute Gasteiger partial charge is 0.229 e. The zero-order valence-corrected chi connectivity index (χ0v) is 14.1. The summed E-state index contributed by atoms with van der Waals surface area (Å²) >= 11 is 0. The van der Waals surface area contributed by atoms with Gasteiger partial charge in [0.05, 0.1) is 5.92 Å². The van der Waals surface area contributed by atoms with Gasteiger partial charge in [0.2, 0.25) is 11.8 Å². The first kappa shape index (κ1) is 16.0. The summed E-state index contributed by atoms with van der Waals surface area (Å²) in [6.45, 7) is 4.59. The lowest BCUT2D eigenvalue weighted by Gasteiger charge is -2.31. The van der Waals surface area contributed by atoms with E-state index in [0.717, 1.165) is 29.7 Å². The number of hydrogen-bond donors (Lipinski definition) is 1. The molecule has 3 rings (SSSR count). The van der Waals surface area contributed by atoms with Crippen LogP contribution in [0.4, 0.5) is 5.69 Å². The summed E-state index contributed by atoms with van der Waals surface area (Å²) in [5, 5.41) is 3.02. The SMILES string of the molecule is Cc1ccc(C)c(NC(=O)[C@H]2CC(=O)N(C3CCCCC3)C2)c1. The molecule has 1 aromatic rings. The Kier molecular flexibility index (Phi) is 4.69. The van der Waals surface area contributed by atoms with E-state index in [1.54, 1.807) is 0 Å². The summed E-state index contributed by atoms with van der Waals surface area (Å²) < 4.78 is 0. The molecule has 4 nitrogen and oxygen atoms in total. The number of hydrogen-bond acceptors (Lipinski definition) is 2. The second-order valence-corrected chi connectivity index (χ2v) is 7.05. The van der Waals surface area contributed by atoms with Gasteiger partial charge in [0.15, 0.2) is 0 Å². The Balaban J connectivity index is 1.64. The molecule has 2 aliphatic rings. The Labute approximate surface area is 138 Å². The van der Waals surface area contributed by atoms with Gasteiger partial charge in [-0.25, -0.2) is 0 Å². The number of nitrogens with zero attached hydrogens (tertiary/aromatic N) is 1. The van der Waals surface area contributed by atoms with Gasteiger partial charge in [0.1, 0.15) is 0 Å². The molecule has 1 aliphatic carbocycles. The maximum Gasteiger partial charge on any atom is 0.229 e. The fourth-order valence-electron chi connectivity index (χ4n) is 3.76. The minimum Gasteiger partial charge on any atom is -0.339 e. The van der Waals surface area contributed by atoms with Gasteiger partial charge < -0.3 is 10.2 Å². The van der Waals surface area contributed by atoms with Crippen molar-refractivity contribution >= 4 is 17.5 Å². The van der Waals surface area contributed by atoms with Crippen LogP contribution in [-0.2, 0) is 9.59 Å². The molecule has 2 amide bonds. The highest BCUT2D eigenvalue weighted by Gasteiger charge is 2.38. The Hall–Kier alpha value is -1.84. The maximum absolute atomic E-state index is 12.6. The minimum absolute atomic E-state index is 0.0228. The quantitative estimate of drug-likeness (QED) is 0.929. The molecule has 1 aromatic carbocycles. The van der Waals surface area contributed by atoms with E-state index in [1.165, 1.54) is 19.3 Å². The normalized spacial score (nSPS) is 22.4. The average molecular weight is 314 g/mol. The van der Waals surface area contributed by atoms with Gasteiger partial charge in [-0.15, -0.1) is 0 Å². The van der Waals surface area contributed by atoms with Crippen molar-refractivity contribution in [1.29, 1.82) is 0 Å². The lowest BCUT2D eigenvalue weighted by atomic mass is 9.94. The maximum atomic E-state index is 12.6. The molecule has 0 spiro atoms. The molecule has 1 N–H and O–H groups in total. The van der Waals surface area contributed by atoms with Gasteiger partial charge in [-0.2, -0.15) is 0 Å². The van der Waals surface area contributed by atoms with E-state index in [4.69, 9.17) is 0 Å². The highest BCUT2D eigenvalue weighted by molar-refractivity contribution is 5.97. The molecule has 2 fully saturated rings. The minimum atomic E-state index is -0.218. The fraction of sp³-hybridized carbons (Fsp3) is 0.579. The van der Waals surface area contributed by atoms with Gasteiger partial charge in [0, 0.05) is 24.7 Å². The van der Waals surface area contributed by atoms with Crippen LogP contribution in [0.15, 0.2) is 18.2 Å². The largest absolute Gasteiger partial charge is 0.339 e. The van der Waals surface area contributed by atoms with Gasteiger partial charge in [-0.3, -0.25) is 9.59 Å². The summed E-state index contributed by atoms with van der Waals surface area (Å²) in [5.41, 5.74) is 3.04. The Morgan fingerprint density at radius 2 is 1.91 bits per heavy atom. The second kappa shape index (κ2) is 6.73. The Morgan fingerprint density at radius 3 is 2.65 bits per heavy atom. The number of amides is 2. The monoisotopic (exact) mass is 314 g/mol. The van der Waals surface area contributed by atoms with Crippen LogP contribution < -0.4 is 5.32 Å². The number of carbonyl (C=O) groups excluding carboxylic acids is 2. The third kappa shape index (κ3) is 3.57. The van der Waals surface area contributed by atoms with Gasteiger partial charge in [-0.05, 0) is 43.9 Å². The summed E-state index contributed by atoms with van der Waals surface area (Å²) in [7, 11) is 0. The van der Waals surface area contributed by atoms with Gasteiger partial charge in [0.25, 0.3) is 0 Å². The van der Waals surface area contributed by atoms with E-state index in [9.17, 15) is 9.59 Å². The number of benzene rings is 1. The van der Waals surface area contributed by atoms with Crippen molar-refractivity contribution < 1.29 is 9.59 Å². The molecule has 0 unspecified atom stereocenters. The van der Waals surface area contributed by atoms with Crippen molar-refractivity contribution in [3.05, 3.63) is 29.3 Å². The highest BCUT2D eigenvalue weighted by atomic mass is 16.2. The fourth-order valence-corrected chi connectivity index (χ4v) is 3.76. The first-order chi connectivity index (χ1) is 11.0. The van der Waals surface area contributed by atoms with E-state index < -0.39 is 0 Å². The number of carbonyl (C=O) groups is 2. The molecule has 0 bridgehead atoms. The molecule has 23 heavy (non-hydrogen) atoms. The lowest BCUT2D eigenvalue weighted by Crippen LogP contribution is -2.38. The van der Waals surface area contributed by atoms with Crippen LogP contribution in [0.2, 0.25) is 0 Å². The number of likely N-dealkylation sites (tertiary alicyclic amines) is 1. The molecule has 0 aromatic heterocycles. The van der Waals surface area contributed by atoms with Crippen molar-refractivity contribution in [1.82, 2.24) is 4.90 Å². The predicted molar refractivity (Wildman–Crippen MR) is 91.2 cm³/mol. The van der Waals surface area contributed by atoms with Crippen LogP contribution in [0, 0.1) is 19.8 Å². The Bertz CT molecular complexity index is 605. The molecular weight excluding hydrogens is 288 g/mol. The molecule has 1 saturated heterocycles. The zero-order chi connectivity index (χ0) is 16.4. The molecule has 1 saturated carbocycles. The number of anilines is 1. The van der Waals surface area contributed by atoms with Crippen LogP contribution in [-0.4, -0.2) is 29.3 Å². The topological polar surface area (TPSA) is 49.4 Å². The first-order valence-electron chi connectivity index (χ1n) is 8.72. The molecule has 0 radical (unpaired) electrons. The van der Waals surface area contributed by atoms with Crippen molar-refractivity contribution in [2.75, 3.05) is 11.9 Å². The van der Waals surface area contributed by atoms with Crippen LogP contribution in [0.5, 0.6) is 0 Å². The third-order valence-electron chi connectivity index (χ3n) is 5.20. The van der Waals surface area contributed by atoms with Crippen LogP contribution in [0.25, 0.3) is 0 Å². The summed E-state index contributed by atoms with van der Waals surface area (Å²) in [6.07, 6.45) is 6.22.